The largest absolute Gasteiger partial charge is 0.461 e. The predicted octanol–water partition coefficient (Wildman–Crippen LogP) is 2.38. The summed E-state index contributed by atoms with van der Waals surface area (Å²) in [6.45, 7) is 10.4. The fourth-order valence-electron chi connectivity index (χ4n) is 5.44. The maximum absolute atomic E-state index is 13.9. The molecule has 6 atom stereocenters. The fraction of sp³-hybridized carbons (Fsp3) is 0.696. The molecular weight excluding hydrogens is 496 g/mol. The Kier molecular flexibility index (Phi) is 8.49. The van der Waals surface area contributed by atoms with Gasteiger partial charge in [-0.25, -0.2) is 0 Å². The first-order valence-corrected chi connectivity index (χ1v) is 13.1. The van der Waals surface area contributed by atoms with E-state index in [1.165, 1.54) is 11.0 Å². The molecule has 178 valence electrons. The smallest absolute Gasteiger partial charge is 0.311 e. The topological polar surface area (TPSA) is 87.1 Å². The van der Waals surface area contributed by atoms with Crippen LogP contribution in [0, 0.1) is 11.8 Å². The van der Waals surface area contributed by atoms with Gasteiger partial charge < -0.3 is 19.6 Å². The van der Waals surface area contributed by atoms with Gasteiger partial charge in [0.2, 0.25) is 11.8 Å². The molecule has 3 unspecified atom stereocenters. The Morgan fingerprint density at radius 1 is 1.38 bits per heavy atom. The van der Waals surface area contributed by atoms with E-state index < -0.39 is 28.6 Å². The number of hydrogen-bond acceptors (Lipinski definition) is 6. The number of β-amino-alcohol motifs (C(OH)–C–C–N with tert-alkyl or cyclic N) is 1. The fourth-order valence-corrected chi connectivity index (χ4v) is 9.03. The summed E-state index contributed by atoms with van der Waals surface area (Å²) in [5.74, 6) is -2.05. The van der Waals surface area contributed by atoms with Crippen LogP contribution in [0.3, 0.4) is 0 Å². The van der Waals surface area contributed by atoms with Gasteiger partial charge in [0, 0.05) is 29.7 Å². The number of aliphatic hydroxyl groups excluding tert-OH is 1. The van der Waals surface area contributed by atoms with Crippen LogP contribution in [0.25, 0.3) is 0 Å². The highest BCUT2D eigenvalue weighted by Gasteiger charge is 2.76. The van der Waals surface area contributed by atoms with Crippen molar-refractivity contribution in [1.82, 2.24) is 9.80 Å². The number of halogens is 1. The Morgan fingerprint density at radius 2 is 2.12 bits per heavy atom. The summed E-state index contributed by atoms with van der Waals surface area (Å²) in [4.78, 5) is 43.7. The van der Waals surface area contributed by atoms with Crippen molar-refractivity contribution in [2.75, 3.05) is 32.8 Å². The van der Waals surface area contributed by atoms with Gasteiger partial charge in [-0.1, -0.05) is 54.4 Å². The molecule has 0 aromatic carbocycles. The molecule has 9 heteroatoms. The molecule has 3 heterocycles. The molecule has 7 nitrogen and oxygen atoms in total. The maximum Gasteiger partial charge on any atom is 0.311 e. The highest BCUT2D eigenvalue weighted by atomic mass is 79.9. The molecule has 0 saturated carbocycles. The van der Waals surface area contributed by atoms with Crippen molar-refractivity contribution in [3.05, 3.63) is 25.3 Å². The second-order valence-electron chi connectivity index (χ2n) is 8.62. The van der Waals surface area contributed by atoms with Gasteiger partial charge in [0.1, 0.15) is 12.6 Å². The van der Waals surface area contributed by atoms with Gasteiger partial charge in [-0.2, -0.15) is 0 Å². The Labute approximate surface area is 202 Å². The van der Waals surface area contributed by atoms with Crippen LogP contribution in [0.15, 0.2) is 25.3 Å². The third-order valence-electron chi connectivity index (χ3n) is 6.67. The summed E-state index contributed by atoms with van der Waals surface area (Å²) < 4.78 is 4.63. The molecule has 32 heavy (non-hydrogen) atoms. The second-order valence-corrected chi connectivity index (χ2v) is 11.3. The van der Waals surface area contributed by atoms with Crippen molar-refractivity contribution in [1.29, 1.82) is 0 Å². The quantitative estimate of drug-likeness (QED) is 0.181. The summed E-state index contributed by atoms with van der Waals surface area (Å²) in [6, 6.07) is -0.721. The van der Waals surface area contributed by atoms with Crippen LogP contribution >= 0.6 is 27.7 Å². The summed E-state index contributed by atoms with van der Waals surface area (Å²) in [6.07, 6.45) is 6.74. The van der Waals surface area contributed by atoms with Crippen molar-refractivity contribution in [2.45, 2.75) is 53.5 Å². The van der Waals surface area contributed by atoms with E-state index in [0.29, 0.717) is 19.5 Å². The number of carbonyl (C=O) groups excluding carboxylic acids is 3. The Hall–Kier alpha value is -1.32. The molecule has 3 aliphatic rings. The van der Waals surface area contributed by atoms with E-state index in [0.717, 1.165) is 19.3 Å². The lowest BCUT2D eigenvalue weighted by molar-refractivity contribution is -0.153. The van der Waals surface area contributed by atoms with Gasteiger partial charge >= 0.3 is 5.97 Å². The molecule has 2 amide bonds. The standard InChI is InChI=1S/C23H33BrN2O5S/c1-4-7-8-10-25(9-5-2)21(29)19-23-14-15(24)18(32-23)16(22(30)31-13-6-3)17(23)20(28)26(19)11-12-27/h5-6,15-19,27H,2-4,7-14H2,1H3/t15?,16-,17-,18-,19?,23?/m0/s1. The normalized spacial score (nSPS) is 32.7. The molecule has 0 aliphatic carbocycles. The van der Waals surface area contributed by atoms with Crippen molar-refractivity contribution < 1.29 is 24.2 Å². The molecule has 1 N–H and O–H groups in total. The number of hydrogen-bond donors (Lipinski definition) is 1. The van der Waals surface area contributed by atoms with Crippen LogP contribution in [0.4, 0.5) is 0 Å². The molecule has 3 aliphatic heterocycles. The molecule has 1 spiro atoms. The number of esters is 1. The molecule has 2 bridgehead atoms. The molecule has 3 fully saturated rings. The van der Waals surface area contributed by atoms with Crippen LogP contribution in [-0.4, -0.2) is 86.4 Å². The van der Waals surface area contributed by atoms with Gasteiger partial charge in [-0.15, -0.1) is 18.3 Å². The number of carbonyl (C=O) groups is 3. The average Bonchev–Trinajstić information content (AvgIpc) is 3.35. The Morgan fingerprint density at radius 3 is 2.75 bits per heavy atom. The van der Waals surface area contributed by atoms with Gasteiger partial charge in [0.25, 0.3) is 0 Å². The van der Waals surface area contributed by atoms with Gasteiger partial charge in [0.15, 0.2) is 0 Å². The van der Waals surface area contributed by atoms with E-state index in [1.54, 1.807) is 22.7 Å². The number of aliphatic hydroxyl groups is 1. The lowest BCUT2D eigenvalue weighted by Gasteiger charge is -2.37. The number of thioether (sulfide) groups is 1. The summed E-state index contributed by atoms with van der Waals surface area (Å²) in [5, 5.41) is 9.54. The molecule has 0 aromatic rings. The van der Waals surface area contributed by atoms with Gasteiger partial charge in [-0.05, 0) is 12.8 Å². The summed E-state index contributed by atoms with van der Waals surface area (Å²) in [5.41, 5.74) is 0. The Bertz CT molecular complexity index is 765. The van der Waals surface area contributed by atoms with E-state index in [1.807, 2.05) is 0 Å². The summed E-state index contributed by atoms with van der Waals surface area (Å²) >= 11 is 5.28. The van der Waals surface area contributed by atoms with Crippen molar-refractivity contribution >= 4 is 45.5 Å². The average molecular weight is 529 g/mol. The van der Waals surface area contributed by atoms with Crippen LogP contribution in [0.1, 0.15) is 32.6 Å². The van der Waals surface area contributed by atoms with Crippen molar-refractivity contribution in [3.8, 4) is 0 Å². The molecule has 3 saturated heterocycles. The number of fused-ring (bicyclic) bond motifs is 1. The number of amides is 2. The van der Waals surface area contributed by atoms with Crippen LogP contribution < -0.4 is 0 Å². The summed E-state index contributed by atoms with van der Waals surface area (Å²) in [7, 11) is 0. The number of ether oxygens (including phenoxy) is 1. The monoisotopic (exact) mass is 528 g/mol. The number of rotatable bonds is 12. The van der Waals surface area contributed by atoms with E-state index >= 15 is 0 Å². The minimum absolute atomic E-state index is 0.00449. The van der Waals surface area contributed by atoms with E-state index in [-0.39, 0.29) is 41.6 Å². The zero-order valence-electron chi connectivity index (χ0n) is 18.6. The molecule has 0 aromatic heterocycles. The molecular formula is C23H33BrN2O5S. The van der Waals surface area contributed by atoms with E-state index in [2.05, 4.69) is 36.0 Å². The lowest BCUT2D eigenvalue weighted by Crippen LogP contribution is -2.55. The third-order valence-corrected chi connectivity index (χ3v) is 9.89. The Balaban J connectivity index is 1.97. The minimum atomic E-state index is -0.721. The first kappa shape index (κ1) is 25.3. The highest BCUT2D eigenvalue weighted by Crippen LogP contribution is 2.67. The zero-order chi connectivity index (χ0) is 23.5. The van der Waals surface area contributed by atoms with Crippen LogP contribution in [0.5, 0.6) is 0 Å². The van der Waals surface area contributed by atoms with Gasteiger partial charge in [0.05, 0.1) is 23.2 Å². The number of unbranched alkanes of at least 4 members (excludes halogenated alkanes) is 2. The minimum Gasteiger partial charge on any atom is -0.461 e. The van der Waals surface area contributed by atoms with Crippen LogP contribution in [0.2, 0.25) is 0 Å². The molecule has 0 radical (unpaired) electrons. The third kappa shape index (κ3) is 4.28. The van der Waals surface area contributed by atoms with Crippen LogP contribution in [-0.2, 0) is 19.1 Å². The lowest BCUT2D eigenvalue weighted by atomic mass is 9.71. The zero-order valence-corrected chi connectivity index (χ0v) is 21.0. The first-order chi connectivity index (χ1) is 15.4. The van der Waals surface area contributed by atoms with Gasteiger partial charge in [-0.3, -0.25) is 14.4 Å². The highest BCUT2D eigenvalue weighted by molar-refractivity contribution is 9.09. The number of alkyl halides is 1. The first-order valence-electron chi connectivity index (χ1n) is 11.3. The SMILES string of the molecule is C=CCOC(=O)[C@H]1[C@H]2C(=O)N(CCO)C(C(=O)N(CC=C)CCCCC)C23CC(Br)[C@@H]1S3. The van der Waals surface area contributed by atoms with E-state index in [4.69, 9.17) is 4.74 Å². The molecule has 3 rings (SSSR count). The van der Waals surface area contributed by atoms with Crippen molar-refractivity contribution in [2.24, 2.45) is 11.8 Å². The predicted molar refractivity (Wildman–Crippen MR) is 128 cm³/mol. The number of likely N-dealkylation sites (tertiary alicyclic amines) is 1. The van der Waals surface area contributed by atoms with Crippen molar-refractivity contribution in [3.63, 3.8) is 0 Å². The second kappa shape index (κ2) is 10.7. The van der Waals surface area contributed by atoms with E-state index in [9.17, 15) is 19.5 Å². The number of nitrogens with zero attached hydrogens (tertiary/aromatic N) is 2. The maximum atomic E-state index is 13.9.